The van der Waals surface area contributed by atoms with Gasteiger partial charge in [-0.05, 0) is 11.6 Å². The van der Waals surface area contributed by atoms with Crippen molar-refractivity contribution >= 4 is 11.4 Å². The first-order chi connectivity index (χ1) is 9.99. The van der Waals surface area contributed by atoms with Gasteiger partial charge >= 0.3 is 0 Å². The van der Waals surface area contributed by atoms with Crippen molar-refractivity contribution in [2.24, 2.45) is 0 Å². The summed E-state index contributed by atoms with van der Waals surface area (Å²) in [6, 6.07) is 8.98. The van der Waals surface area contributed by atoms with Crippen molar-refractivity contribution in [1.29, 1.82) is 0 Å². The van der Waals surface area contributed by atoms with Gasteiger partial charge in [0.05, 0.1) is 4.92 Å². The van der Waals surface area contributed by atoms with Crippen LogP contribution in [0.1, 0.15) is 17.6 Å². The van der Waals surface area contributed by atoms with Gasteiger partial charge in [0, 0.05) is 18.2 Å². The second-order valence-corrected chi connectivity index (χ2v) is 4.29. The van der Waals surface area contributed by atoms with E-state index in [1.54, 1.807) is 0 Å². The Morgan fingerprint density at radius 1 is 1.14 bits per heavy atom. The lowest BCUT2D eigenvalue weighted by Crippen LogP contribution is -2.05. The maximum Gasteiger partial charge on any atom is 0.295 e. The molecule has 0 fully saturated rings. The predicted molar refractivity (Wildman–Crippen MR) is 71.8 cm³/mol. The highest BCUT2D eigenvalue weighted by atomic mass is 19.3. The van der Waals surface area contributed by atoms with E-state index < -0.39 is 17.2 Å². The number of para-hydroxylation sites is 1. The zero-order chi connectivity index (χ0) is 15.4. The Morgan fingerprint density at radius 2 is 1.81 bits per heavy atom. The first kappa shape index (κ1) is 14.8. The molecular weight excluding hydrogens is 285 g/mol. The number of nitrogens with one attached hydrogen (secondary N) is 1. The lowest BCUT2D eigenvalue weighted by Gasteiger charge is -2.09. The molecule has 2 aromatic rings. The summed E-state index contributed by atoms with van der Waals surface area (Å²) in [5.74, 6) is -0.742. The monoisotopic (exact) mass is 296 g/mol. The molecule has 0 aliphatic rings. The lowest BCUT2D eigenvalue weighted by atomic mass is 10.1. The molecule has 4 nitrogen and oxygen atoms in total. The summed E-state index contributed by atoms with van der Waals surface area (Å²) < 4.78 is 38.4. The minimum atomic E-state index is -2.56. The molecule has 21 heavy (non-hydrogen) atoms. The quantitative estimate of drug-likeness (QED) is 0.661. The van der Waals surface area contributed by atoms with Gasteiger partial charge in [0.2, 0.25) is 0 Å². The van der Waals surface area contributed by atoms with E-state index in [2.05, 4.69) is 5.32 Å². The molecule has 2 rings (SSSR count). The van der Waals surface area contributed by atoms with Gasteiger partial charge < -0.3 is 5.32 Å². The molecule has 1 N–H and O–H groups in total. The number of hydrogen-bond donors (Lipinski definition) is 1. The third-order valence-electron chi connectivity index (χ3n) is 2.89. The van der Waals surface area contributed by atoms with E-state index in [-0.39, 0.29) is 23.5 Å². The van der Waals surface area contributed by atoms with Gasteiger partial charge in [-0.25, -0.2) is 13.2 Å². The van der Waals surface area contributed by atoms with Crippen LogP contribution in [0.25, 0.3) is 0 Å². The lowest BCUT2D eigenvalue weighted by molar-refractivity contribution is -0.384. The minimum absolute atomic E-state index is 0.0886. The van der Waals surface area contributed by atoms with Crippen LogP contribution >= 0.6 is 0 Å². The highest BCUT2D eigenvalue weighted by molar-refractivity contribution is 5.62. The third-order valence-corrected chi connectivity index (χ3v) is 2.89. The number of alkyl halides is 2. The van der Waals surface area contributed by atoms with Crippen LogP contribution in [0, 0.1) is 15.9 Å². The molecule has 0 heterocycles. The van der Waals surface area contributed by atoms with E-state index in [0.29, 0.717) is 5.56 Å². The van der Waals surface area contributed by atoms with E-state index in [0.717, 1.165) is 6.07 Å². The average Bonchev–Trinajstić information content (AvgIpc) is 2.46. The summed E-state index contributed by atoms with van der Waals surface area (Å²) in [6.07, 6.45) is -2.56. The van der Waals surface area contributed by atoms with Crippen molar-refractivity contribution in [3.8, 4) is 0 Å². The Hall–Kier alpha value is -2.57. The van der Waals surface area contributed by atoms with Gasteiger partial charge in [0.15, 0.2) is 5.82 Å². The summed E-state index contributed by atoms with van der Waals surface area (Å²) in [4.78, 5) is 10.1. The Balaban J connectivity index is 2.15. The SMILES string of the molecule is O=[N+]([O-])c1cccc(F)c1NCc1ccc(C(F)F)cc1. The number of hydrogen-bond acceptors (Lipinski definition) is 3. The fourth-order valence-electron chi connectivity index (χ4n) is 1.81. The molecule has 0 atom stereocenters. The molecule has 0 radical (unpaired) electrons. The summed E-state index contributed by atoms with van der Waals surface area (Å²) in [5.41, 5.74) is -0.104. The number of rotatable bonds is 5. The van der Waals surface area contributed by atoms with Gasteiger partial charge in [-0.1, -0.05) is 30.3 Å². The molecular formula is C14H11F3N2O2. The van der Waals surface area contributed by atoms with E-state index in [1.807, 2.05) is 0 Å². The van der Waals surface area contributed by atoms with E-state index >= 15 is 0 Å². The maximum atomic E-state index is 13.6. The molecule has 0 saturated carbocycles. The molecule has 7 heteroatoms. The van der Waals surface area contributed by atoms with E-state index in [1.165, 1.54) is 36.4 Å². The van der Waals surface area contributed by atoms with Crippen LogP contribution in [0.5, 0.6) is 0 Å². The zero-order valence-electron chi connectivity index (χ0n) is 10.7. The van der Waals surface area contributed by atoms with Crippen molar-refractivity contribution in [3.05, 3.63) is 69.5 Å². The highest BCUT2D eigenvalue weighted by Gasteiger charge is 2.17. The van der Waals surface area contributed by atoms with Gasteiger partial charge in [0.1, 0.15) is 5.69 Å². The van der Waals surface area contributed by atoms with Gasteiger partial charge in [-0.15, -0.1) is 0 Å². The third kappa shape index (κ3) is 3.50. The minimum Gasteiger partial charge on any atom is -0.373 e. The first-order valence-corrected chi connectivity index (χ1v) is 6.03. The Kier molecular flexibility index (Phi) is 4.42. The standard InChI is InChI=1S/C14H11F3N2O2/c15-11-2-1-3-12(19(20)21)13(11)18-8-9-4-6-10(7-5-9)14(16)17/h1-7,14,18H,8H2. The number of halogens is 3. The maximum absolute atomic E-state index is 13.6. The van der Waals surface area contributed by atoms with Gasteiger partial charge in [-0.2, -0.15) is 0 Å². The number of nitro groups is 1. The second-order valence-electron chi connectivity index (χ2n) is 4.29. The van der Waals surface area contributed by atoms with Crippen LogP contribution in [0.2, 0.25) is 0 Å². The van der Waals surface area contributed by atoms with Crippen LogP contribution in [-0.4, -0.2) is 4.92 Å². The van der Waals surface area contributed by atoms with Crippen molar-refractivity contribution in [1.82, 2.24) is 0 Å². The topological polar surface area (TPSA) is 55.2 Å². The summed E-state index contributed by atoms with van der Waals surface area (Å²) in [5, 5.41) is 13.4. The van der Waals surface area contributed by atoms with Crippen LogP contribution in [0.4, 0.5) is 24.5 Å². The molecule has 0 bridgehead atoms. The molecule has 0 saturated heterocycles. The first-order valence-electron chi connectivity index (χ1n) is 6.03. The van der Waals surface area contributed by atoms with Gasteiger partial charge in [-0.3, -0.25) is 10.1 Å². The molecule has 0 unspecified atom stereocenters. The molecule has 0 spiro atoms. The molecule has 0 aliphatic carbocycles. The predicted octanol–water partition coefficient (Wildman–Crippen LogP) is 4.28. The number of nitrogens with zero attached hydrogens (tertiary/aromatic N) is 1. The second kappa shape index (κ2) is 6.25. The smallest absolute Gasteiger partial charge is 0.295 e. The van der Waals surface area contributed by atoms with E-state index in [9.17, 15) is 23.3 Å². The fraction of sp³-hybridized carbons (Fsp3) is 0.143. The van der Waals surface area contributed by atoms with Crippen molar-refractivity contribution in [3.63, 3.8) is 0 Å². The number of anilines is 1. The van der Waals surface area contributed by atoms with Crippen LogP contribution in [-0.2, 0) is 6.54 Å². The van der Waals surface area contributed by atoms with Crippen molar-refractivity contribution < 1.29 is 18.1 Å². The Bertz CT molecular complexity index is 645. The summed E-state index contributed by atoms with van der Waals surface area (Å²) in [6.45, 7) is 0.0886. The molecule has 0 aromatic heterocycles. The molecule has 0 amide bonds. The normalized spacial score (nSPS) is 10.7. The Morgan fingerprint density at radius 3 is 2.38 bits per heavy atom. The molecule has 110 valence electrons. The fourth-order valence-corrected chi connectivity index (χ4v) is 1.81. The number of nitro benzene ring substituents is 1. The van der Waals surface area contributed by atoms with Crippen LogP contribution in [0.3, 0.4) is 0 Å². The molecule has 2 aromatic carbocycles. The van der Waals surface area contributed by atoms with Crippen molar-refractivity contribution in [2.45, 2.75) is 13.0 Å². The van der Waals surface area contributed by atoms with E-state index in [4.69, 9.17) is 0 Å². The van der Waals surface area contributed by atoms with Crippen LogP contribution < -0.4 is 5.32 Å². The van der Waals surface area contributed by atoms with Crippen molar-refractivity contribution in [2.75, 3.05) is 5.32 Å². The van der Waals surface area contributed by atoms with Gasteiger partial charge in [0.25, 0.3) is 12.1 Å². The zero-order valence-corrected chi connectivity index (χ0v) is 10.7. The summed E-state index contributed by atoms with van der Waals surface area (Å²) >= 11 is 0. The highest BCUT2D eigenvalue weighted by Crippen LogP contribution is 2.27. The average molecular weight is 296 g/mol. The largest absolute Gasteiger partial charge is 0.373 e. The van der Waals surface area contributed by atoms with Crippen LogP contribution in [0.15, 0.2) is 42.5 Å². The Labute approximate surface area is 118 Å². The number of benzene rings is 2. The summed E-state index contributed by atoms with van der Waals surface area (Å²) in [7, 11) is 0. The molecule has 0 aliphatic heterocycles.